The van der Waals surface area contributed by atoms with Gasteiger partial charge in [0.15, 0.2) is 0 Å². The highest BCUT2D eigenvalue weighted by atomic mass is 32.2. The lowest BCUT2D eigenvalue weighted by Crippen LogP contribution is -2.31. The van der Waals surface area contributed by atoms with Crippen LogP contribution in [0.15, 0.2) is 35.4 Å². The number of benzene rings is 1. The third kappa shape index (κ3) is 2.47. The Kier molecular flexibility index (Phi) is 3.57. The number of amides is 1. The fourth-order valence-electron chi connectivity index (χ4n) is 3.94. The van der Waals surface area contributed by atoms with E-state index < -0.39 is 0 Å². The zero-order chi connectivity index (χ0) is 17.0. The second-order valence-electron chi connectivity index (χ2n) is 6.89. The van der Waals surface area contributed by atoms with Crippen molar-refractivity contribution in [3.63, 3.8) is 0 Å². The zero-order valence-electron chi connectivity index (χ0n) is 14.0. The summed E-state index contributed by atoms with van der Waals surface area (Å²) in [6.45, 7) is 0.776. The van der Waals surface area contributed by atoms with Crippen LogP contribution in [0.1, 0.15) is 18.4 Å². The molecule has 2 aromatic rings. The Morgan fingerprint density at radius 1 is 1.36 bits per heavy atom. The molecule has 2 fully saturated rings. The van der Waals surface area contributed by atoms with Crippen molar-refractivity contribution in [2.24, 2.45) is 11.8 Å². The molecule has 5 nitrogen and oxygen atoms in total. The molecule has 1 aromatic carbocycles. The second-order valence-corrected chi connectivity index (χ2v) is 7.91. The molecule has 1 amide bonds. The molecule has 0 spiro atoms. The van der Waals surface area contributed by atoms with Crippen LogP contribution in [0.4, 0.5) is 5.95 Å². The molecule has 1 aromatic heterocycles. The Morgan fingerprint density at radius 3 is 3.08 bits per heavy atom. The van der Waals surface area contributed by atoms with E-state index in [9.17, 15) is 4.79 Å². The fourth-order valence-corrected chi connectivity index (χ4v) is 4.96. The highest BCUT2D eigenvalue weighted by Gasteiger charge is 2.57. The summed E-state index contributed by atoms with van der Waals surface area (Å²) in [5, 5.41) is 0. The van der Waals surface area contributed by atoms with E-state index in [1.807, 2.05) is 18.3 Å². The van der Waals surface area contributed by atoms with Crippen molar-refractivity contribution in [1.29, 1.82) is 0 Å². The molecule has 3 atom stereocenters. The molecule has 128 valence electrons. The van der Waals surface area contributed by atoms with E-state index in [-0.39, 0.29) is 17.9 Å². The summed E-state index contributed by atoms with van der Waals surface area (Å²) in [5.74, 6) is 1.79. The van der Waals surface area contributed by atoms with Crippen LogP contribution in [0, 0.1) is 11.8 Å². The number of nitrogens with zero attached hydrogens (tertiary/aromatic N) is 3. The molecule has 0 bridgehead atoms. The molecule has 0 N–H and O–H groups in total. The predicted octanol–water partition coefficient (Wildman–Crippen LogP) is 3.14. The third-order valence-corrected chi connectivity index (χ3v) is 6.50. The Morgan fingerprint density at radius 2 is 2.24 bits per heavy atom. The van der Waals surface area contributed by atoms with Crippen molar-refractivity contribution in [1.82, 2.24) is 9.97 Å². The molecule has 3 heterocycles. The van der Waals surface area contributed by atoms with Gasteiger partial charge in [0.1, 0.15) is 0 Å². The quantitative estimate of drug-likeness (QED) is 0.830. The van der Waals surface area contributed by atoms with Crippen LogP contribution < -0.4 is 4.90 Å². The van der Waals surface area contributed by atoms with Gasteiger partial charge in [-0.1, -0.05) is 18.2 Å². The highest BCUT2D eigenvalue weighted by molar-refractivity contribution is 7.98. The summed E-state index contributed by atoms with van der Waals surface area (Å²) >= 11 is 1.80. The number of hydrogen-bond donors (Lipinski definition) is 0. The molecule has 0 radical (unpaired) electrons. The van der Waals surface area contributed by atoms with E-state index >= 15 is 0 Å². The summed E-state index contributed by atoms with van der Waals surface area (Å²) in [6.07, 6.45) is 4.11. The van der Waals surface area contributed by atoms with Gasteiger partial charge in [0.2, 0.25) is 11.9 Å². The fraction of sp³-hybridized carbons (Fsp3) is 0.421. The molecular weight excluding hydrogens is 334 g/mol. The first-order valence-electron chi connectivity index (χ1n) is 8.71. The molecule has 3 unspecified atom stereocenters. The van der Waals surface area contributed by atoms with Gasteiger partial charge in [-0.25, -0.2) is 9.97 Å². The summed E-state index contributed by atoms with van der Waals surface area (Å²) in [5.41, 5.74) is 3.20. The topological polar surface area (TPSA) is 55.3 Å². The number of fused-ring (bicyclic) bond motifs is 4. The lowest BCUT2D eigenvalue weighted by molar-refractivity contribution is -0.120. The molecule has 3 aliphatic rings. The van der Waals surface area contributed by atoms with Crippen LogP contribution in [0.2, 0.25) is 0 Å². The summed E-state index contributed by atoms with van der Waals surface area (Å²) in [4.78, 5) is 24.9. The number of hydrogen-bond acceptors (Lipinski definition) is 5. The van der Waals surface area contributed by atoms with Crippen molar-refractivity contribution >= 4 is 23.6 Å². The number of anilines is 1. The van der Waals surface area contributed by atoms with Crippen molar-refractivity contribution < 1.29 is 9.53 Å². The molecule has 1 saturated carbocycles. The van der Waals surface area contributed by atoms with Crippen LogP contribution in [-0.4, -0.2) is 35.6 Å². The minimum absolute atomic E-state index is 0.0185. The largest absolute Gasteiger partial charge is 0.377 e. The number of ether oxygens (including phenoxy) is 1. The predicted molar refractivity (Wildman–Crippen MR) is 96.4 cm³/mol. The molecule has 1 aliphatic carbocycles. The SMILES string of the molecule is CN(C(=O)C1C2CCCOC21)c1ncc2c(n1)-c1ccccc1SC2. The molecule has 1 saturated heterocycles. The maximum Gasteiger partial charge on any atom is 0.235 e. The van der Waals surface area contributed by atoms with Crippen LogP contribution in [-0.2, 0) is 15.3 Å². The average molecular weight is 353 g/mol. The van der Waals surface area contributed by atoms with Crippen LogP contribution in [0.5, 0.6) is 0 Å². The van der Waals surface area contributed by atoms with Gasteiger partial charge in [-0.05, 0) is 18.9 Å². The van der Waals surface area contributed by atoms with Gasteiger partial charge in [0, 0.05) is 47.5 Å². The smallest absolute Gasteiger partial charge is 0.235 e. The van der Waals surface area contributed by atoms with E-state index in [0.29, 0.717) is 11.9 Å². The number of carbonyl (C=O) groups is 1. The van der Waals surface area contributed by atoms with E-state index in [0.717, 1.165) is 42.0 Å². The molecule has 6 heteroatoms. The number of thioether (sulfide) groups is 1. The minimum Gasteiger partial charge on any atom is -0.377 e. The van der Waals surface area contributed by atoms with Crippen molar-refractivity contribution in [2.75, 3.05) is 18.6 Å². The lowest BCUT2D eigenvalue weighted by Gasteiger charge is -2.21. The Labute approximate surface area is 150 Å². The number of rotatable bonds is 2. The van der Waals surface area contributed by atoms with Gasteiger partial charge in [-0.3, -0.25) is 9.69 Å². The summed E-state index contributed by atoms with van der Waals surface area (Å²) < 4.78 is 5.72. The van der Waals surface area contributed by atoms with Gasteiger partial charge in [0.25, 0.3) is 0 Å². The van der Waals surface area contributed by atoms with Gasteiger partial charge in [-0.2, -0.15) is 0 Å². The lowest BCUT2D eigenvalue weighted by atomic mass is 10.1. The zero-order valence-corrected chi connectivity index (χ0v) is 14.8. The van der Waals surface area contributed by atoms with Gasteiger partial charge in [-0.15, -0.1) is 11.8 Å². The Balaban J connectivity index is 1.45. The van der Waals surface area contributed by atoms with Gasteiger partial charge in [0.05, 0.1) is 17.7 Å². The standard InChI is InChI=1S/C19H19N3O2S/c1-22(18(23)15-13-6-4-8-24-17(13)15)19-20-9-11-10-25-14-7-3-2-5-12(14)16(11)21-19/h2-3,5,7,9,13,15,17H,4,6,8,10H2,1H3. The molecular formula is C19H19N3O2S. The first-order valence-corrected chi connectivity index (χ1v) is 9.70. The van der Waals surface area contributed by atoms with E-state index in [4.69, 9.17) is 9.72 Å². The molecule has 5 rings (SSSR count). The van der Waals surface area contributed by atoms with Gasteiger partial charge < -0.3 is 4.74 Å². The Bertz CT molecular complexity index is 844. The minimum atomic E-state index is -0.0185. The van der Waals surface area contributed by atoms with Crippen LogP contribution in [0.3, 0.4) is 0 Å². The van der Waals surface area contributed by atoms with E-state index in [1.165, 1.54) is 4.90 Å². The maximum atomic E-state index is 12.8. The maximum absolute atomic E-state index is 12.8. The number of carbonyl (C=O) groups excluding carboxylic acids is 1. The van der Waals surface area contributed by atoms with Crippen molar-refractivity contribution in [3.05, 3.63) is 36.0 Å². The molecule has 2 aliphatic heterocycles. The third-order valence-electron chi connectivity index (χ3n) is 5.38. The first-order chi connectivity index (χ1) is 12.2. The van der Waals surface area contributed by atoms with Crippen molar-refractivity contribution in [3.8, 4) is 11.3 Å². The van der Waals surface area contributed by atoms with E-state index in [2.05, 4.69) is 17.1 Å². The van der Waals surface area contributed by atoms with Gasteiger partial charge >= 0.3 is 0 Å². The van der Waals surface area contributed by atoms with Crippen LogP contribution >= 0.6 is 11.8 Å². The summed E-state index contributed by atoms with van der Waals surface area (Å²) in [6, 6.07) is 8.27. The van der Waals surface area contributed by atoms with Crippen LogP contribution in [0.25, 0.3) is 11.3 Å². The first kappa shape index (κ1) is 15.3. The number of aromatic nitrogens is 2. The van der Waals surface area contributed by atoms with Crippen molar-refractivity contribution in [2.45, 2.75) is 29.6 Å². The second kappa shape index (κ2) is 5.81. The Hall–Kier alpha value is -1.92. The average Bonchev–Trinajstić information content (AvgIpc) is 3.40. The monoisotopic (exact) mass is 353 g/mol. The highest BCUT2D eigenvalue weighted by Crippen LogP contribution is 2.49. The molecule has 25 heavy (non-hydrogen) atoms. The summed E-state index contributed by atoms with van der Waals surface area (Å²) in [7, 11) is 1.78. The normalized spacial score (nSPS) is 26.2. The van der Waals surface area contributed by atoms with E-state index in [1.54, 1.807) is 23.7 Å².